The van der Waals surface area contributed by atoms with Crippen molar-refractivity contribution in [1.29, 1.82) is 0 Å². The summed E-state index contributed by atoms with van der Waals surface area (Å²) in [6.07, 6.45) is 12.2. The van der Waals surface area contributed by atoms with Crippen LogP contribution in [0.1, 0.15) is 52.4 Å². The van der Waals surface area contributed by atoms with E-state index < -0.39 is 0 Å². The summed E-state index contributed by atoms with van der Waals surface area (Å²) >= 11 is 1.79. The third kappa shape index (κ3) is 11.8. The van der Waals surface area contributed by atoms with Gasteiger partial charge in [0.25, 0.3) is 0 Å². The van der Waals surface area contributed by atoms with Gasteiger partial charge in [0.05, 0.1) is 0 Å². The minimum Gasteiger partial charge on any atom is -0.107 e. The van der Waals surface area contributed by atoms with E-state index in [0.717, 1.165) is 0 Å². The maximum absolute atomic E-state index is 2.26. The number of rotatable bonds is 8. The molecule has 0 aliphatic heterocycles. The topological polar surface area (TPSA) is 0 Å². The first-order chi connectivity index (χ1) is 6.41. The Balaban J connectivity index is 3.13. The summed E-state index contributed by atoms with van der Waals surface area (Å²) in [4.78, 5) is 0. The van der Waals surface area contributed by atoms with Crippen molar-refractivity contribution in [2.45, 2.75) is 52.4 Å². The number of hydrogen-bond donors (Lipinski definition) is 0. The van der Waals surface area contributed by atoms with Crippen LogP contribution in [0.2, 0.25) is 0 Å². The Morgan fingerprint density at radius 2 is 1.31 bits per heavy atom. The molecule has 0 aromatic carbocycles. The van der Waals surface area contributed by atoms with E-state index in [1.54, 1.807) is 11.8 Å². The Labute approximate surface area is 87.5 Å². The third-order valence-corrected chi connectivity index (χ3v) is 2.50. The first kappa shape index (κ1) is 12.8. The highest BCUT2D eigenvalue weighted by molar-refractivity contribution is 8.04. The molecular formula is C12H22S. The molecule has 76 valence electrons. The molecule has 0 nitrogen and oxygen atoms in total. The molecule has 0 fully saturated rings. The van der Waals surface area contributed by atoms with Crippen LogP contribution in [0.3, 0.4) is 0 Å². The van der Waals surface area contributed by atoms with E-state index >= 15 is 0 Å². The molecule has 0 heterocycles. The van der Waals surface area contributed by atoms with Crippen molar-refractivity contribution in [3.05, 3.63) is 23.0 Å². The van der Waals surface area contributed by atoms with E-state index in [9.17, 15) is 0 Å². The molecule has 0 aromatic heterocycles. The van der Waals surface area contributed by atoms with Gasteiger partial charge in [0, 0.05) is 0 Å². The van der Waals surface area contributed by atoms with Crippen molar-refractivity contribution in [3.63, 3.8) is 0 Å². The zero-order chi connectivity index (χ0) is 9.78. The molecule has 0 N–H and O–H groups in total. The second kappa shape index (κ2) is 11.8. The van der Waals surface area contributed by atoms with E-state index in [2.05, 4.69) is 36.8 Å². The van der Waals surface area contributed by atoms with Gasteiger partial charge in [-0.3, -0.25) is 0 Å². The zero-order valence-electron chi connectivity index (χ0n) is 8.96. The standard InChI is InChI=1S/C12H22S/c1-3-5-7-9-11-13-12-10-8-6-4-2/h9-12H,3-8H2,1-2H3/b11-9+,12-10+. The van der Waals surface area contributed by atoms with Gasteiger partial charge in [-0.1, -0.05) is 51.7 Å². The lowest BCUT2D eigenvalue weighted by molar-refractivity contribution is 0.815. The van der Waals surface area contributed by atoms with Gasteiger partial charge >= 0.3 is 0 Å². The average Bonchev–Trinajstić information content (AvgIpc) is 2.16. The number of allylic oxidation sites excluding steroid dienone is 2. The van der Waals surface area contributed by atoms with E-state index in [1.807, 2.05) is 0 Å². The summed E-state index contributed by atoms with van der Waals surface area (Å²) in [5.74, 6) is 0. The second-order valence-electron chi connectivity index (χ2n) is 3.16. The SMILES string of the molecule is CCCC/C=C/S/C=C/CCCC. The van der Waals surface area contributed by atoms with Gasteiger partial charge in [-0.25, -0.2) is 0 Å². The molecule has 1 heteroatoms. The van der Waals surface area contributed by atoms with Gasteiger partial charge in [0.15, 0.2) is 0 Å². The molecule has 13 heavy (non-hydrogen) atoms. The van der Waals surface area contributed by atoms with Crippen LogP contribution < -0.4 is 0 Å². The molecule has 0 radical (unpaired) electrons. The monoisotopic (exact) mass is 198 g/mol. The van der Waals surface area contributed by atoms with Crippen LogP contribution >= 0.6 is 11.8 Å². The van der Waals surface area contributed by atoms with E-state index in [4.69, 9.17) is 0 Å². The lowest BCUT2D eigenvalue weighted by Gasteiger charge is -1.88. The van der Waals surface area contributed by atoms with Gasteiger partial charge in [-0.15, -0.1) is 11.8 Å². The van der Waals surface area contributed by atoms with Gasteiger partial charge in [-0.2, -0.15) is 0 Å². The molecule has 0 aliphatic carbocycles. The number of unbranched alkanes of at least 4 members (excludes halogenated alkanes) is 4. The third-order valence-electron chi connectivity index (χ3n) is 1.80. The highest BCUT2D eigenvalue weighted by Gasteiger charge is 1.78. The molecule has 0 amide bonds. The Hall–Kier alpha value is -0.170. The fourth-order valence-electron chi connectivity index (χ4n) is 0.937. The minimum absolute atomic E-state index is 1.23. The molecule has 0 atom stereocenters. The van der Waals surface area contributed by atoms with Crippen molar-refractivity contribution in [1.82, 2.24) is 0 Å². The van der Waals surface area contributed by atoms with Crippen LogP contribution in [0.5, 0.6) is 0 Å². The molecule has 0 unspecified atom stereocenters. The van der Waals surface area contributed by atoms with Crippen molar-refractivity contribution < 1.29 is 0 Å². The van der Waals surface area contributed by atoms with Crippen molar-refractivity contribution in [2.75, 3.05) is 0 Å². The molecule has 0 saturated heterocycles. The predicted molar refractivity (Wildman–Crippen MR) is 64.9 cm³/mol. The summed E-state index contributed by atoms with van der Waals surface area (Å²) in [5, 5.41) is 4.39. The smallest absolute Gasteiger partial charge is 0.0288 e. The Morgan fingerprint density at radius 3 is 1.69 bits per heavy atom. The largest absolute Gasteiger partial charge is 0.107 e. The van der Waals surface area contributed by atoms with Crippen LogP contribution in [0.25, 0.3) is 0 Å². The molecule has 0 rings (SSSR count). The summed E-state index contributed by atoms with van der Waals surface area (Å²) in [6.45, 7) is 4.46. The van der Waals surface area contributed by atoms with Crippen LogP contribution in [0.15, 0.2) is 23.0 Å². The molecule has 0 aliphatic rings. The van der Waals surface area contributed by atoms with Crippen LogP contribution in [0.4, 0.5) is 0 Å². The quantitative estimate of drug-likeness (QED) is 0.487. The number of hydrogen-bond acceptors (Lipinski definition) is 1. The summed E-state index contributed by atoms with van der Waals surface area (Å²) in [7, 11) is 0. The summed E-state index contributed by atoms with van der Waals surface area (Å²) in [5.41, 5.74) is 0. The van der Waals surface area contributed by atoms with Crippen LogP contribution in [0, 0.1) is 0 Å². The maximum atomic E-state index is 2.26. The Bertz CT molecular complexity index is 120. The first-order valence-corrected chi connectivity index (χ1v) is 6.31. The van der Waals surface area contributed by atoms with E-state index in [0.29, 0.717) is 0 Å². The van der Waals surface area contributed by atoms with Gasteiger partial charge < -0.3 is 0 Å². The zero-order valence-corrected chi connectivity index (χ0v) is 9.78. The first-order valence-electron chi connectivity index (χ1n) is 5.37. The summed E-state index contributed by atoms with van der Waals surface area (Å²) < 4.78 is 0. The highest BCUT2D eigenvalue weighted by Crippen LogP contribution is 2.07. The minimum atomic E-state index is 1.23. The molecule has 0 bridgehead atoms. The van der Waals surface area contributed by atoms with Crippen molar-refractivity contribution in [3.8, 4) is 0 Å². The lowest BCUT2D eigenvalue weighted by Crippen LogP contribution is -1.65. The fraction of sp³-hybridized carbons (Fsp3) is 0.667. The average molecular weight is 198 g/mol. The van der Waals surface area contributed by atoms with Crippen molar-refractivity contribution >= 4 is 11.8 Å². The maximum Gasteiger partial charge on any atom is -0.0288 e. The normalized spacial score (nSPS) is 11.8. The van der Waals surface area contributed by atoms with Crippen LogP contribution in [-0.2, 0) is 0 Å². The van der Waals surface area contributed by atoms with Gasteiger partial charge in [0.2, 0.25) is 0 Å². The lowest BCUT2D eigenvalue weighted by atomic mass is 10.2. The van der Waals surface area contributed by atoms with E-state index in [-0.39, 0.29) is 0 Å². The second-order valence-corrected chi connectivity index (χ2v) is 3.98. The van der Waals surface area contributed by atoms with Crippen molar-refractivity contribution in [2.24, 2.45) is 0 Å². The van der Waals surface area contributed by atoms with Gasteiger partial charge in [-0.05, 0) is 23.7 Å². The highest BCUT2D eigenvalue weighted by atomic mass is 32.2. The van der Waals surface area contributed by atoms with Crippen LogP contribution in [-0.4, -0.2) is 0 Å². The molecule has 0 aromatic rings. The molecular weight excluding hydrogens is 176 g/mol. The summed E-state index contributed by atoms with van der Waals surface area (Å²) in [6, 6.07) is 0. The fourth-order valence-corrected chi connectivity index (χ4v) is 1.52. The Kier molecular flexibility index (Phi) is 11.7. The predicted octanol–water partition coefficient (Wildman–Crippen LogP) is 5.13. The van der Waals surface area contributed by atoms with Gasteiger partial charge in [0.1, 0.15) is 0 Å². The molecule has 0 spiro atoms. The molecule has 0 saturated carbocycles. The van der Waals surface area contributed by atoms with E-state index in [1.165, 1.54) is 38.5 Å². The number of thioether (sulfide) groups is 1. The Morgan fingerprint density at radius 1 is 0.846 bits per heavy atom.